The summed E-state index contributed by atoms with van der Waals surface area (Å²) >= 11 is 0. The number of hydrogen-bond donors (Lipinski definition) is 1. The zero-order chi connectivity index (χ0) is 20.2. The summed E-state index contributed by atoms with van der Waals surface area (Å²) in [4.78, 5) is 20.2. The van der Waals surface area contributed by atoms with Crippen LogP contribution < -0.4 is 10.1 Å². The van der Waals surface area contributed by atoms with Crippen LogP contribution in [0.5, 0.6) is 5.75 Å². The molecule has 1 N–H and O–H groups in total. The van der Waals surface area contributed by atoms with Crippen molar-refractivity contribution in [3.05, 3.63) is 36.5 Å². The van der Waals surface area contributed by atoms with Crippen molar-refractivity contribution in [2.45, 2.75) is 24.4 Å². The molecule has 9 nitrogen and oxygen atoms in total. The van der Waals surface area contributed by atoms with Crippen molar-refractivity contribution in [2.24, 2.45) is 0 Å². The topological polar surface area (TPSA) is 101 Å². The molecule has 0 aliphatic carbocycles. The number of carbonyl (C=O) groups excluding carboxylic acids is 1. The van der Waals surface area contributed by atoms with Crippen LogP contribution in [0.15, 0.2) is 36.5 Å². The van der Waals surface area contributed by atoms with Crippen molar-refractivity contribution < 1.29 is 28.5 Å². The molecule has 9 heteroatoms. The molecule has 0 amide bonds. The third-order valence-electron chi connectivity index (χ3n) is 5.01. The van der Waals surface area contributed by atoms with Crippen LogP contribution in [0, 0.1) is 0 Å². The molecule has 2 aromatic rings. The van der Waals surface area contributed by atoms with Crippen LogP contribution >= 0.6 is 0 Å². The molecule has 0 saturated carbocycles. The quantitative estimate of drug-likeness (QED) is 0.688. The highest BCUT2D eigenvalue weighted by atomic mass is 16.6. The molecule has 2 fully saturated rings. The SMILES string of the molecule is COC(=O)COC1COC2C(Nc3nccc(-c4ccc(OC)cc4)n3)COC12. The van der Waals surface area contributed by atoms with Gasteiger partial charge in [0.25, 0.3) is 0 Å². The average molecular weight is 401 g/mol. The van der Waals surface area contributed by atoms with Crippen molar-refractivity contribution in [2.75, 3.05) is 39.4 Å². The maximum Gasteiger partial charge on any atom is 0.331 e. The zero-order valence-electron chi connectivity index (χ0n) is 16.2. The molecule has 1 aromatic heterocycles. The summed E-state index contributed by atoms with van der Waals surface area (Å²) in [5.41, 5.74) is 1.76. The van der Waals surface area contributed by atoms with Gasteiger partial charge in [-0.15, -0.1) is 0 Å². The van der Waals surface area contributed by atoms with Gasteiger partial charge in [0.1, 0.15) is 30.7 Å². The molecule has 1 aromatic carbocycles. The van der Waals surface area contributed by atoms with E-state index in [1.807, 2.05) is 30.3 Å². The molecule has 3 heterocycles. The minimum absolute atomic E-state index is 0.113. The van der Waals surface area contributed by atoms with Gasteiger partial charge < -0.3 is 29.0 Å². The van der Waals surface area contributed by atoms with Gasteiger partial charge in [-0.3, -0.25) is 0 Å². The highest BCUT2D eigenvalue weighted by Crippen LogP contribution is 2.30. The van der Waals surface area contributed by atoms with E-state index < -0.39 is 5.97 Å². The van der Waals surface area contributed by atoms with E-state index in [9.17, 15) is 4.79 Å². The van der Waals surface area contributed by atoms with Gasteiger partial charge in [-0.2, -0.15) is 0 Å². The second-order valence-electron chi connectivity index (χ2n) is 6.77. The van der Waals surface area contributed by atoms with Crippen molar-refractivity contribution >= 4 is 11.9 Å². The Morgan fingerprint density at radius 2 is 1.93 bits per heavy atom. The number of esters is 1. The van der Waals surface area contributed by atoms with Gasteiger partial charge >= 0.3 is 5.97 Å². The number of ether oxygens (including phenoxy) is 5. The molecule has 29 heavy (non-hydrogen) atoms. The molecule has 2 saturated heterocycles. The lowest BCUT2D eigenvalue weighted by atomic mass is 10.1. The van der Waals surface area contributed by atoms with Crippen LogP contribution in [-0.4, -0.2) is 74.3 Å². The van der Waals surface area contributed by atoms with Crippen LogP contribution in [0.3, 0.4) is 0 Å². The van der Waals surface area contributed by atoms with Gasteiger partial charge in [0.05, 0.1) is 39.2 Å². The van der Waals surface area contributed by atoms with Crippen LogP contribution in [0.4, 0.5) is 5.95 Å². The summed E-state index contributed by atoms with van der Waals surface area (Å²) in [6.45, 7) is 0.670. The molecular weight excluding hydrogens is 378 g/mol. The van der Waals surface area contributed by atoms with E-state index in [2.05, 4.69) is 20.0 Å². The predicted octanol–water partition coefficient (Wildman–Crippen LogP) is 1.29. The maximum atomic E-state index is 11.3. The number of nitrogens with one attached hydrogen (secondary N) is 1. The normalized spacial score (nSPS) is 25.4. The van der Waals surface area contributed by atoms with Crippen LogP contribution in [0.2, 0.25) is 0 Å². The average Bonchev–Trinajstić information content (AvgIpc) is 3.35. The lowest BCUT2D eigenvalue weighted by molar-refractivity contribution is -0.149. The highest BCUT2D eigenvalue weighted by Gasteiger charge is 2.48. The number of aromatic nitrogens is 2. The van der Waals surface area contributed by atoms with Gasteiger partial charge in [-0.1, -0.05) is 0 Å². The number of benzene rings is 1. The molecule has 2 aliphatic rings. The van der Waals surface area contributed by atoms with E-state index in [-0.39, 0.29) is 31.0 Å². The van der Waals surface area contributed by atoms with Gasteiger partial charge in [-0.05, 0) is 30.3 Å². The lowest BCUT2D eigenvalue weighted by Crippen LogP contribution is -2.37. The molecule has 4 atom stereocenters. The largest absolute Gasteiger partial charge is 0.497 e. The first-order chi connectivity index (χ1) is 14.2. The summed E-state index contributed by atoms with van der Waals surface area (Å²) in [6.07, 6.45) is 0.949. The number of carbonyl (C=O) groups is 1. The van der Waals surface area contributed by atoms with Gasteiger partial charge in [0.15, 0.2) is 0 Å². The molecule has 154 valence electrons. The number of fused-ring (bicyclic) bond motifs is 1. The fourth-order valence-corrected chi connectivity index (χ4v) is 3.48. The van der Waals surface area contributed by atoms with Crippen molar-refractivity contribution in [1.82, 2.24) is 9.97 Å². The van der Waals surface area contributed by atoms with Crippen molar-refractivity contribution in [3.63, 3.8) is 0 Å². The summed E-state index contributed by atoms with van der Waals surface area (Å²) in [7, 11) is 2.96. The number of nitrogens with zero attached hydrogens (tertiary/aromatic N) is 2. The Balaban J connectivity index is 1.39. The van der Waals surface area contributed by atoms with Gasteiger partial charge in [-0.25, -0.2) is 14.8 Å². The minimum atomic E-state index is -0.426. The van der Waals surface area contributed by atoms with Crippen LogP contribution in [0.25, 0.3) is 11.3 Å². The van der Waals surface area contributed by atoms with Crippen LogP contribution in [0.1, 0.15) is 0 Å². The minimum Gasteiger partial charge on any atom is -0.497 e. The smallest absolute Gasteiger partial charge is 0.331 e. The Labute approximate surface area is 168 Å². The Morgan fingerprint density at radius 3 is 2.69 bits per heavy atom. The molecule has 4 rings (SSSR count). The maximum absolute atomic E-state index is 11.3. The second kappa shape index (κ2) is 8.73. The first kappa shape index (κ1) is 19.6. The van der Waals surface area contributed by atoms with Gasteiger partial charge in [0.2, 0.25) is 5.95 Å². The van der Waals surface area contributed by atoms with E-state index in [0.717, 1.165) is 17.0 Å². The first-order valence-electron chi connectivity index (χ1n) is 9.33. The van der Waals surface area contributed by atoms with E-state index in [1.165, 1.54) is 7.11 Å². The number of anilines is 1. The second-order valence-corrected chi connectivity index (χ2v) is 6.77. The fourth-order valence-electron chi connectivity index (χ4n) is 3.48. The highest BCUT2D eigenvalue weighted by molar-refractivity contribution is 5.70. The van der Waals surface area contributed by atoms with Crippen molar-refractivity contribution in [3.8, 4) is 17.0 Å². The van der Waals surface area contributed by atoms with Gasteiger partial charge in [0, 0.05) is 11.8 Å². The molecule has 0 radical (unpaired) electrons. The van der Waals surface area contributed by atoms with E-state index in [0.29, 0.717) is 19.2 Å². The zero-order valence-corrected chi connectivity index (χ0v) is 16.2. The molecule has 0 spiro atoms. The Hall–Kier alpha value is -2.75. The van der Waals surface area contributed by atoms with E-state index in [1.54, 1.807) is 13.3 Å². The number of methoxy groups -OCH3 is 2. The molecule has 0 bridgehead atoms. The Bertz CT molecular complexity index is 846. The van der Waals surface area contributed by atoms with Crippen molar-refractivity contribution in [1.29, 1.82) is 0 Å². The molecule has 2 aliphatic heterocycles. The first-order valence-corrected chi connectivity index (χ1v) is 9.33. The number of rotatable bonds is 7. The summed E-state index contributed by atoms with van der Waals surface area (Å²) in [5.74, 6) is 0.859. The summed E-state index contributed by atoms with van der Waals surface area (Å²) < 4.78 is 27.1. The van der Waals surface area contributed by atoms with E-state index >= 15 is 0 Å². The predicted molar refractivity (Wildman–Crippen MR) is 103 cm³/mol. The third-order valence-corrected chi connectivity index (χ3v) is 5.01. The third kappa shape index (κ3) is 4.31. The number of hydrogen-bond acceptors (Lipinski definition) is 9. The Morgan fingerprint density at radius 1 is 1.14 bits per heavy atom. The fraction of sp³-hybridized carbons (Fsp3) is 0.450. The molecular formula is C20H23N3O6. The van der Waals surface area contributed by atoms with E-state index in [4.69, 9.17) is 18.9 Å². The van der Waals surface area contributed by atoms with Crippen LogP contribution in [-0.2, 0) is 23.7 Å². The Kier molecular flexibility index (Phi) is 5.89. The monoisotopic (exact) mass is 401 g/mol. The standard InChI is InChI=1S/C20H23N3O6/c1-25-13-5-3-12(4-6-13)14-7-8-21-20(22-14)23-15-9-28-19-16(10-29-18(15)19)27-11-17(24)26-2/h3-8,15-16,18-19H,9-11H2,1-2H3,(H,21,22,23). The lowest BCUT2D eigenvalue weighted by Gasteiger charge is -2.18. The summed E-state index contributed by atoms with van der Waals surface area (Å²) in [5, 5.41) is 3.30. The molecule has 4 unspecified atom stereocenters. The summed E-state index contributed by atoms with van der Waals surface area (Å²) in [6, 6.07) is 9.41.